The summed E-state index contributed by atoms with van der Waals surface area (Å²) in [7, 11) is 2.20. The maximum atomic E-state index is 6.15. The number of nitrogens with zero attached hydrogens (tertiary/aromatic N) is 3. The van der Waals surface area contributed by atoms with Gasteiger partial charge in [0.05, 0.1) is 15.6 Å². The second-order valence-electron chi connectivity index (χ2n) is 7.16. The first-order valence-electron chi connectivity index (χ1n) is 9.53. The van der Waals surface area contributed by atoms with E-state index in [-0.39, 0.29) is 0 Å². The molecule has 1 aliphatic heterocycles. The highest BCUT2D eigenvalue weighted by Crippen LogP contribution is 2.29. The van der Waals surface area contributed by atoms with E-state index in [1.807, 2.05) is 30.3 Å². The van der Waals surface area contributed by atoms with Gasteiger partial charge in [0.15, 0.2) is 0 Å². The van der Waals surface area contributed by atoms with Gasteiger partial charge in [-0.1, -0.05) is 35.3 Å². The number of nitrogens with one attached hydrogen (secondary N) is 2. The average Bonchev–Trinajstić information content (AvgIpc) is 3.10. The molecule has 0 saturated carbocycles. The van der Waals surface area contributed by atoms with Crippen molar-refractivity contribution >= 4 is 51.6 Å². The Morgan fingerprint density at radius 1 is 1.11 bits per heavy atom. The fraction of sp³-hybridized carbons (Fsp3) is 0.333. The Morgan fingerprint density at radius 2 is 1.96 bits per heavy atom. The monoisotopic (exact) mass is 415 g/mol. The summed E-state index contributed by atoms with van der Waals surface area (Å²) in [5.74, 6) is 1.37. The second kappa shape index (κ2) is 8.52. The Morgan fingerprint density at radius 3 is 2.75 bits per heavy atom. The van der Waals surface area contributed by atoms with E-state index in [0.29, 0.717) is 22.0 Å². The molecule has 1 aliphatic rings. The van der Waals surface area contributed by atoms with Crippen LogP contribution in [0.1, 0.15) is 19.3 Å². The number of hydrogen-bond acceptors (Lipinski definition) is 5. The van der Waals surface area contributed by atoms with Crippen LogP contribution in [0.5, 0.6) is 0 Å². The molecule has 146 valence electrons. The molecule has 5 nitrogen and oxygen atoms in total. The maximum Gasteiger partial charge on any atom is 0.225 e. The number of anilines is 3. The van der Waals surface area contributed by atoms with E-state index in [1.165, 1.54) is 19.4 Å². The SMILES string of the molecule is CN1CCCC1CCNc1nc(Nc2ccc(Cl)c(Cl)c2)c2ccccc2n1. The first-order valence-corrected chi connectivity index (χ1v) is 10.3. The third-order valence-electron chi connectivity index (χ3n) is 5.22. The third kappa shape index (κ3) is 4.32. The van der Waals surface area contributed by atoms with Gasteiger partial charge in [0.1, 0.15) is 5.82 Å². The topological polar surface area (TPSA) is 53.1 Å². The molecule has 3 aromatic rings. The smallest absolute Gasteiger partial charge is 0.225 e. The highest BCUT2D eigenvalue weighted by molar-refractivity contribution is 6.42. The molecule has 1 fully saturated rings. The van der Waals surface area contributed by atoms with Crippen LogP contribution in [0, 0.1) is 0 Å². The Labute approximate surface area is 175 Å². The van der Waals surface area contributed by atoms with Crippen LogP contribution >= 0.6 is 23.2 Å². The number of likely N-dealkylation sites (tertiary alicyclic amines) is 1. The van der Waals surface area contributed by atoms with Crippen molar-refractivity contribution in [2.45, 2.75) is 25.3 Å². The fourth-order valence-electron chi connectivity index (χ4n) is 3.66. The van der Waals surface area contributed by atoms with Gasteiger partial charge >= 0.3 is 0 Å². The number of aromatic nitrogens is 2. The van der Waals surface area contributed by atoms with Gasteiger partial charge in [-0.05, 0) is 63.2 Å². The number of benzene rings is 2. The van der Waals surface area contributed by atoms with Crippen molar-refractivity contribution in [3.8, 4) is 0 Å². The number of para-hydroxylation sites is 1. The summed E-state index contributed by atoms with van der Waals surface area (Å²) < 4.78 is 0. The van der Waals surface area contributed by atoms with E-state index in [0.717, 1.165) is 35.4 Å². The van der Waals surface area contributed by atoms with Crippen LogP contribution in [0.15, 0.2) is 42.5 Å². The van der Waals surface area contributed by atoms with Gasteiger partial charge in [-0.15, -0.1) is 0 Å². The summed E-state index contributed by atoms with van der Waals surface area (Å²) >= 11 is 12.2. The minimum absolute atomic E-state index is 0.504. The normalized spacial score (nSPS) is 17.2. The summed E-state index contributed by atoms with van der Waals surface area (Å²) in [6.07, 6.45) is 3.63. The summed E-state index contributed by atoms with van der Waals surface area (Å²) in [4.78, 5) is 11.8. The summed E-state index contributed by atoms with van der Waals surface area (Å²) in [5.41, 5.74) is 1.72. The molecule has 2 N–H and O–H groups in total. The molecule has 28 heavy (non-hydrogen) atoms. The summed E-state index contributed by atoms with van der Waals surface area (Å²) in [6.45, 7) is 2.04. The summed E-state index contributed by atoms with van der Waals surface area (Å²) in [5, 5.41) is 8.73. The largest absolute Gasteiger partial charge is 0.354 e. The average molecular weight is 416 g/mol. The van der Waals surface area contributed by atoms with E-state index in [2.05, 4.69) is 27.6 Å². The number of fused-ring (bicyclic) bond motifs is 1. The van der Waals surface area contributed by atoms with E-state index in [4.69, 9.17) is 28.2 Å². The first kappa shape index (κ1) is 19.2. The fourth-order valence-corrected chi connectivity index (χ4v) is 3.95. The molecular weight excluding hydrogens is 393 g/mol. The number of hydrogen-bond donors (Lipinski definition) is 2. The Bertz CT molecular complexity index is 978. The van der Waals surface area contributed by atoms with Crippen LogP contribution < -0.4 is 10.6 Å². The zero-order valence-electron chi connectivity index (χ0n) is 15.8. The van der Waals surface area contributed by atoms with Crippen molar-refractivity contribution in [3.05, 3.63) is 52.5 Å². The molecule has 2 aromatic carbocycles. The lowest BCUT2D eigenvalue weighted by Crippen LogP contribution is -2.27. The van der Waals surface area contributed by atoms with Crippen LogP contribution in [0.4, 0.5) is 17.5 Å². The van der Waals surface area contributed by atoms with Gasteiger partial charge in [0, 0.05) is 23.7 Å². The highest BCUT2D eigenvalue weighted by atomic mass is 35.5. The van der Waals surface area contributed by atoms with E-state index in [1.54, 1.807) is 12.1 Å². The van der Waals surface area contributed by atoms with E-state index < -0.39 is 0 Å². The molecule has 7 heteroatoms. The van der Waals surface area contributed by atoms with Crippen LogP contribution in [0.25, 0.3) is 10.9 Å². The van der Waals surface area contributed by atoms with Crippen LogP contribution in [0.2, 0.25) is 10.0 Å². The van der Waals surface area contributed by atoms with Crippen LogP contribution in [-0.4, -0.2) is 41.0 Å². The quantitative estimate of drug-likeness (QED) is 0.550. The molecule has 0 radical (unpaired) electrons. The zero-order chi connectivity index (χ0) is 19.5. The van der Waals surface area contributed by atoms with Crippen molar-refractivity contribution in [3.63, 3.8) is 0 Å². The first-order chi connectivity index (χ1) is 13.6. The van der Waals surface area contributed by atoms with Gasteiger partial charge in [0.25, 0.3) is 0 Å². The lowest BCUT2D eigenvalue weighted by atomic mass is 10.1. The van der Waals surface area contributed by atoms with Crippen LogP contribution in [0.3, 0.4) is 0 Å². The predicted octanol–water partition coefficient (Wildman–Crippen LogP) is 5.58. The zero-order valence-corrected chi connectivity index (χ0v) is 17.3. The third-order valence-corrected chi connectivity index (χ3v) is 5.96. The molecule has 0 amide bonds. The minimum atomic E-state index is 0.504. The predicted molar refractivity (Wildman–Crippen MR) is 118 cm³/mol. The number of halogens is 2. The molecule has 0 spiro atoms. The molecule has 4 rings (SSSR count). The molecular formula is C21H23Cl2N5. The standard InChI is InChI=1S/C21H23Cl2N5/c1-28-12-4-5-15(28)10-11-24-21-26-19-7-3-2-6-16(19)20(27-21)25-14-8-9-17(22)18(23)13-14/h2-3,6-9,13,15H,4-5,10-12H2,1H3,(H2,24,25,26,27). The van der Waals surface area contributed by atoms with Gasteiger partial charge in [-0.2, -0.15) is 4.98 Å². The van der Waals surface area contributed by atoms with E-state index >= 15 is 0 Å². The Hall–Kier alpha value is -2.08. The van der Waals surface area contributed by atoms with E-state index in [9.17, 15) is 0 Å². The maximum absolute atomic E-state index is 6.15. The highest BCUT2D eigenvalue weighted by Gasteiger charge is 2.20. The lowest BCUT2D eigenvalue weighted by molar-refractivity contribution is 0.301. The molecule has 1 saturated heterocycles. The number of rotatable bonds is 6. The summed E-state index contributed by atoms with van der Waals surface area (Å²) in [6, 6.07) is 14.1. The lowest BCUT2D eigenvalue weighted by Gasteiger charge is -2.19. The Balaban J connectivity index is 1.55. The van der Waals surface area contributed by atoms with Crippen molar-refractivity contribution in [1.82, 2.24) is 14.9 Å². The van der Waals surface area contributed by atoms with Crippen LogP contribution in [-0.2, 0) is 0 Å². The van der Waals surface area contributed by atoms with Gasteiger partial charge in [0.2, 0.25) is 5.95 Å². The molecule has 1 unspecified atom stereocenters. The molecule has 1 aromatic heterocycles. The van der Waals surface area contributed by atoms with Crippen molar-refractivity contribution in [2.75, 3.05) is 30.8 Å². The molecule has 2 heterocycles. The molecule has 0 bridgehead atoms. The van der Waals surface area contributed by atoms with Crippen molar-refractivity contribution in [2.24, 2.45) is 0 Å². The van der Waals surface area contributed by atoms with Crippen molar-refractivity contribution in [1.29, 1.82) is 0 Å². The van der Waals surface area contributed by atoms with Crippen molar-refractivity contribution < 1.29 is 0 Å². The Kier molecular flexibility index (Phi) is 5.85. The van der Waals surface area contributed by atoms with Gasteiger partial charge < -0.3 is 15.5 Å². The molecule has 1 atom stereocenters. The second-order valence-corrected chi connectivity index (χ2v) is 7.97. The minimum Gasteiger partial charge on any atom is -0.354 e. The van der Waals surface area contributed by atoms with Gasteiger partial charge in [-0.25, -0.2) is 4.98 Å². The van der Waals surface area contributed by atoms with Gasteiger partial charge in [-0.3, -0.25) is 0 Å². The molecule has 0 aliphatic carbocycles.